The highest BCUT2D eigenvalue weighted by Crippen LogP contribution is 2.50. The van der Waals surface area contributed by atoms with Gasteiger partial charge in [0.25, 0.3) is 0 Å². The fourth-order valence-corrected chi connectivity index (χ4v) is 11.6. The van der Waals surface area contributed by atoms with Gasteiger partial charge >= 0.3 is 11.9 Å². The third-order valence-electron chi connectivity index (χ3n) is 14.6. The molecule has 0 radical (unpaired) electrons. The molecule has 0 bridgehead atoms. The summed E-state index contributed by atoms with van der Waals surface area (Å²) < 4.78 is 11.2. The molecule has 4 unspecified atom stereocenters. The lowest BCUT2D eigenvalue weighted by Gasteiger charge is -2.46. The highest BCUT2D eigenvalue weighted by Gasteiger charge is 2.48. The Morgan fingerprint density at radius 3 is 1.00 bits per heavy atom. The van der Waals surface area contributed by atoms with Crippen molar-refractivity contribution >= 4 is 11.9 Å². The van der Waals surface area contributed by atoms with Gasteiger partial charge in [-0.1, -0.05) is 182 Å². The zero-order chi connectivity index (χ0) is 46.5. The van der Waals surface area contributed by atoms with Gasteiger partial charge in [-0.25, -0.2) is 9.59 Å². The lowest BCUT2D eigenvalue weighted by molar-refractivity contribution is -0.174. The molecule has 10 nitrogen and oxygen atoms in total. The van der Waals surface area contributed by atoms with Crippen molar-refractivity contribution in [2.45, 2.75) is 74.9 Å². The molecule has 68 heavy (non-hydrogen) atoms. The van der Waals surface area contributed by atoms with Crippen molar-refractivity contribution in [3.63, 3.8) is 0 Å². The molecule has 0 amide bonds. The number of benzene rings is 6. The molecule has 4 atom stereocenters. The van der Waals surface area contributed by atoms with Gasteiger partial charge in [-0.2, -0.15) is 0 Å². The molecule has 10 rings (SSSR count). The number of allylic oxidation sites excluding steroid dienone is 4. The quantitative estimate of drug-likeness (QED) is 0.0363. The monoisotopic (exact) mass is 904 g/mol. The Bertz CT molecular complexity index is 2350. The van der Waals surface area contributed by atoms with Crippen molar-refractivity contribution in [3.8, 4) is 0 Å². The van der Waals surface area contributed by atoms with E-state index in [0.717, 1.165) is 71.9 Å². The van der Waals surface area contributed by atoms with Gasteiger partial charge in [-0.15, -0.1) is 0 Å². The van der Waals surface area contributed by atoms with Crippen LogP contribution in [0.5, 0.6) is 0 Å². The molecule has 2 aliphatic carbocycles. The van der Waals surface area contributed by atoms with Gasteiger partial charge < -0.3 is 29.9 Å². The number of esters is 2. The molecule has 6 aromatic carbocycles. The van der Waals surface area contributed by atoms with Crippen LogP contribution in [-0.4, -0.2) is 47.5 Å². The zero-order valence-corrected chi connectivity index (χ0v) is 38.4. The minimum atomic E-state index is -1.12. The first-order chi connectivity index (χ1) is 33.3. The molecular weight excluding hydrogens is 845 g/mol. The van der Waals surface area contributed by atoms with Gasteiger partial charge in [0.1, 0.15) is 11.1 Å². The second kappa shape index (κ2) is 19.6. The van der Waals surface area contributed by atoms with Gasteiger partial charge in [0.2, 0.25) is 0 Å². The second-order valence-electron chi connectivity index (χ2n) is 18.6. The summed E-state index contributed by atoms with van der Waals surface area (Å²) in [6.07, 6.45) is 3.66. The minimum Gasteiger partial charge on any atom is -0.438 e. The van der Waals surface area contributed by atoms with E-state index < -0.39 is 35.5 Å². The Balaban J connectivity index is 0.794. The molecule has 0 spiro atoms. The molecule has 6 aromatic rings. The summed E-state index contributed by atoms with van der Waals surface area (Å²) in [4.78, 5) is 31.6. The van der Waals surface area contributed by atoms with Crippen LogP contribution in [0.1, 0.15) is 84.7 Å². The van der Waals surface area contributed by atoms with Crippen LogP contribution < -0.4 is 22.1 Å². The number of rotatable bonds is 14. The number of nitrogens with zero attached hydrogens (tertiary/aromatic N) is 2. The normalized spacial score (nSPS) is 19.0. The molecule has 0 saturated carbocycles. The average Bonchev–Trinajstić information content (AvgIpc) is 4.01. The van der Waals surface area contributed by atoms with Crippen molar-refractivity contribution in [3.05, 3.63) is 238 Å². The fourth-order valence-electron chi connectivity index (χ4n) is 11.6. The zero-order valence-electron chi connectivity index (χ0n) is 38.4. The first kappa shape index (κ1) is 44.7. The summed E-state index contributed by atoms with van der Waals surface area (Å²) in [5, 5.41) is 7.48. The van der Waals surface area contributed by atoms with Crippen molar-refractivity contribution < 1.29 is 19.1 Å². The van der Waals surface area contributed by atoms with Crippen molar-refractivity contribution in [1.29, 1.82) is 0 Å². The van der Waals surface area contributed by atoms with Gasteiger partial charge in [0.05, 0.1) is 13.3 Å². The van der Waals surface area contributed by atoms with Gasteiger partial charge in [0, 0.05) is 35.6 Å². The SMILES string of the molecule is NC(CC1CCC2=C(C1)N(C(c1ccccc1)(c1ccccc1)c1ccccc1)CN2)OC(=O)C(=O)OC(N)CC1CCC2=C(C1)N(C(c1ccccc1)(c1ccccc1)c1ccccc1)CN2. The van der Waals surface area contributed by atoms with E-state index in [-0.39, 0.29) is 11.8 Å². The third kappa shape index (κ3) is 8.43. The van der Waals surface area contributed by atoms with Gasteiger partial charge in [0.15, 0.2) is 12.5 Å². The average molecular weight is 905 g/mol. The number of nitrogens with one attached hydrogen (secondary N) is 2. The summed E-state index contributed by atoms with van der Waals surface area (Å²) in [5.41, 5.74) is 23.7. The highest BCUT2D eigenvalue weighted by atomic mass is 16.6. The van der Waals surface area contributed by atoms with Crippen LogP contribution in [-0.2, 0) is 30.1 Å². The van der Waals surface area contributed by atoms with Crippen LogP contribution in [0.25, 0.3) is 0 Å². The topological polar surface area (TPSA) is 135 Å². The Hall–Kier alpha value is -7.14. The van der Waals surface area contributed by atoms with E-state index in [2.05, 4.69) is 202 Å². The van der Waals surface area contributed by atoms with Crippen molar-refractivity contribution in [2.75, 3.05) is 13.3 Å². The molecule has 346 valence electrons. The Morgan fingerprint density at radius 2 is 0.735 bits per heavy atom. The summed E-state index contributed by atoms with van der Waals surface area (Å²) >= 11 is 0. The lowest BCUT2D eigenvalue weighted by Crippen LogP contribution is -2.48. The number of hydrogen-bond acceptors (Lipinski definition) is 10. The molecule has 10 heteroatoms. The van der Waals surface area contributed by atoms with Gasteiger partial charge in [-0.3, -0.25) is 11.5 Å². The van der Waals surface area contributed by atoms with Gasteiger partial charge in [-0.05, 0) is 83.7 Å². The number of ether oxygens (including phenoxy) is 2. The Morgan fingerprint density at radius 1 is 0.471 bits per heavy atom. The van der Waals surface area contributed by atoms with E-state index in [1.807, 2.05) is 0 Å². The van der Waals surface area contributed by atoms with Crippen LogP contribution in [0, 0.1) is 11.8 Å². The molecule has 2 aliphatic heterocycles. The molecule has 4 aliphatic rings. The standard InChI is InChI=1S/C58H60N6O4/c59-53(37-41-31-33-49-51(35-41)63(39-61-49)57(43-19-7-1-8-20-43,44-21-9-2-10-22-44)45-23-11-3-12-24-45)67-55(65)56(66)68-54(60)38-42-32-34-50-52(36-42)64(40-62-50)58(46-25-13-4-14-26-46,47-27-15-5-16-28-47)48-29-17-6-18-30-48/h1-30,41-42,53-54,61-62H,31-40,59-60H2. The molecule has 6 N–H and O–H groups in total. The fraction of sp³-hybridized carbons (Fsp3) is 0.276. The molecule has 0 saturated heterocycles. The molecule has 0 aromatic heterocycles. The van der Waals surface area contributed by atoms with E-state index in [1.165, 1.54) is 22.8 Å². The predicted molar refractivity (Wildman–Crippen MR) is 264 cm³/mol. The summed E-state index contributed by atoms with van der Waals surface area (Å²) in [7, 11) is 0. The maximum absolute atomic E-state index is 13.3. The second-order valence-corrected chi connectivity index (χ2v) is 18.6. The maximum Gasteiger partial charge on any atom is 0.419 e. The Labute approximate surface area is 399 Å². The first-order valence-electron chi connectivity index (χ1n) is 24.1. The largest absolute Gasteiger partial charge is 0.438 e. The molecular formula is C58H60N6O4. The van der Waals surface area contributed by atoms with E-state index in [4.69, 9.17) is 20.9 Å². The van der Waals surface area contributed by atoms with Crippen LogP contribution in [0.2, 0.25) is 0 Å². The third-order valence-corrected chi connectivity index (χ3v) is 14.6. The van der Waals surface area contributed by atoms with E-state index in [9.17, 15) is 9.59 Å². The predicted octanol–water partition coefficient (Wildman–Crippen LogP) is 9.16. The number of hydrogen-bond donors (Lipinski definition) is 4. The Kier molecular flexibility index (Phi) is 12.9. The number of carbonyl (C=O) groups is 2. The first-order valence-corrected chi connectivity index (χ1v) is 24.1. The summed E-state index contributed by atoms with van der Waals surface area (Å²) in [6, 6.07) is 64.0. The molecule has 0 fully saturated rings. The molecule has 2 heterocycles. The summed E-state index contributed by atoms with van der Waals surface area (Å²) in [5.74, 6) is -2.03. The van der Waals surface area contributed by atoms with Crippen LogP contribution in [0.15, 0.2) is 205 Å². The van der Waals surface area contributed by atoms with E-state index in [0.29, 0.717) is 26.2 Å². The maximum atomic E-state index is 13.3. The lowest BCUT2D eigenvalue weighted by atomic mass is 9.74. The summed E-state index contributed by atoms with van der Waals surface area (Å²) in [6.45, 7) is 1.27. The highest BCUT2D eigenvalue weighted by molar-refractivity contribution is 6.29. The van der Waals surface area contributed by atoms with Crippen molar-refractivity contribution in [1.82, 2.24) is 20.4 Å². The minimum absolute atomic E-state index is 0.108. The van der Waals surface area contributed by atoms with Crippen molar-refractivity contribution in [2.24, 2.45) is 23.3 Å². The van der Waals surface area contributed by atoms with Crippen LogP contribution in [0.4, 0.5) is 0 Å². The number of carbonyl (C=O) groups excluding carboxylic acids is 2. The smallest absolute Gasteiger partial charge is 0.419 e. The van der Waals surface area contributed by atoms with Crippen LogP contribution >= 0.6 is 0 Å². The number of nitrogens with two attached hydrogens (primary N) is 2. The van der Waals surface area contributed by atoms with E-state index in [1.54, 1.807) is 0 Å². The van der Waals surface area contributed by atoms with E-state index >= 15 is 0 Å². The van der Waals surface area contributed by atoms with Crippen LogP contribution in [0.3, 0.4) is 0 Å².